The molecule has 0 fully saturated rings. The number of thiol groups is 1. The normalized spacial score (nSPS) is 5.00. The van der Waals surface area contributed by atoms with E-state index in [2.05, 4.69) is 12.6 Å². The molecule has 4 heteroatoms. The molecule has 28 valence electrons. The van der Waals surface area contributed by atoms with Crippen molar-refractivity contribution in [2.75, 3.05) is 0 Å². The Hall–Kier alpha value is 0.586. The van der Waals surface area contributed by atoms with Crippen LogP contribution in [0.1, 0.15) is 2.85 Å². The van der Waals surface area contributed by atoms with E-state index in [0.29, 0.717) is 0 Å². The molecule has 0 saturated heterocycles. The van der Waals surface area contributed by atoms with Gasteiger partial charge in [0.25, 0.3) is 0 Å². The summed E-state index contributed by atoms with van der Waals surface area (Å²) < 4.78 is 0. The second-order valence-electron chi connectivity index (χ2n) is 0.283. The van der Waals surface area contributed by atoms with Gasteiger partial charge in [0.1, 0.15) is 0 Å². The zero-order valence-corrected chi connectivity index (χ0v) is 4.82. The molecule has 0 aromatic carbocycles. The number of hydrogen-bond donors (Lipinski definition) is 2. The van der Waals surface area contributed by atoms with Gasteiger partial charge in [-0.2, -0.15) is 0 Å². The molecule has 0 bridgehead atoms. The maximum atomic E-state index is 8.86. The van der Waals surface area contributed by atoms with Gasteiger partial charge in [-0.15, -0.1) is 0 Å². The Morgan fingerprint density at radius 2 is 2.00 bits per heavy atom. The molecule has 0 spiro atoms. The van der Waals surface area contributed by atoms with Crippen LogP contribution in [-0.4, -0.2) is 33.5 Å². The van der Waals surface area contributed by atoms with Crippen LogP contribution in [0.2, 0.25) is 0 Å². The summed E-state index contributed by atoms with van der Waals surface area (Å²) in [4.78, 5) is 8.86. The van der Waals surface area contributed by atoms with Gasteiger partial charge in [-0.25, -0.2) is 4.79 Å². The molecule has 0 heterocycles. The van der Waals surface area contributed by atoms with Crippen LogP contribution in [0.25, 0.3) is 0 Å². The smallest absolute Gasteiger partial charge is 1.00 e. The van der Waals surface area contributed by atoms with E-state index in [9.17, 15) is 0 Å². The Morgan fingerprint density at radius 1 is 2.00 bits per heavy atom. The van der Waals surface area contributed by atoms with E-state index in [1.165, 1.54) is 0 Å². The maximum absolute atomic E-state index is 8.86. The average molecular weight is 104 g/mol. The maximum Gasteiger partial charge on any atom is 2.00 e. The van der Waals surface area contributed by atoms with Crippen LogP contribution >= 0.6 is 12.6 Å². The minimum Gasteiger partial charge on any atom is -1.00 e. The van der Waals surface area contributed by atoms with E-state index in [0.717, 1.165) is 0 Å². The summed E-state index contributed by atoms with van der Waals surface area (Å²) in [6.07, 6.45) is 0. The van der Waals surface area contributed by atoms with Gasteiger partial charge in [-0.1, -0.05) is 12.6 Å². The molecule has 0 saturated carbocycles. The van der Waals surface area contributed by atoms with E-state index in [-0.39, 0.29) is 25.9 Å². The molecule has 0 aromatic rings. The number of hydrogen-bond acceptors (Lipinski definition) is 1. The Morgan fingerprint density at radius 3 is 2.00 bits per heavy atom. The molecular formula is CH4MgO2S. The third-order valence-corrected chi connectivity index (χ3v) is 0. The first-order chi connectivity index (χ1) is 1.73. The van der Waals surface area contributed by atoms with Crippen LogP contribution < -0.4 is 0 Å². The number of carboxylic acid groups (broad SMARTS) is 1. The third-order valence-electron chi connectivity index (χ3n) is 0. The molecule has 0 aliphatic heterocycles. The molecule has 5 heavy (non-hydrogen) atoms. The SMILES string of the molecule is O=C(O)S.[H-].[H-].[Mg+2]. The molecule has 0 aliphatic rings. The summed E-state index contributed by atoms with van der Waals surface area (Å²) in [7, 11) is 0. The molecule has 0 radical (unpaired) electrons. The van der Waals surface area contributed by atoms with Crippen molar-refractivity contribution in [3.63, 3.8) is 0 Å². The first-order valence-corrected chi connectivity index (χ1v) is 1.10. The second kappa shape index (κ2) is 4.59. The van der Waals surface area contributed by atoms with Gasteiger partial charge in [0.05, 0.1) is 0 Å². The summed E-state index contributed by atoms with van der Waals surface area (Å²) >= 11 is 2.88. The van der Waals surface area contributed by atoms with E-state index < -0.39 is 5.30 Å². The fraction of sp³-hybridized carbons (Fsp3) is 0. The molecule has 1 N–H and O–H groups in total. The summed E-state index contributed by atoms with van der Waals surface area (Å²) in [5, 5.41) is 6.14. The molecule has 0 rings (SSSR count). The van der Waals surface area contributed by atoms with Crippen LogP contribution in [0.15, 0.2) is 0 Å². The minimum absolute atomic E-state index is 0. The van der Waals surface area contributed by atoms with Crippen LogP contribution in [0.5, 0.6) is 0 Å². The Bertz CT molecular complexity index is 38.7. The number of carbonyl (C=O) groups is 1. The quantitative estimate of drug-likeness (QED) is 0.346. The zero-order valence-electron chi connectivity index (χ0n) is 4.51. The molecule has 0 atom stereocenters. The molecule has 0 amide bonds. The van der Waals surface area contributed by atoms with Gasteiger partial charge in [0.15, 0.2) is 0 Å². The van der Waals surface area contributed by atoms with Crippen LogP contribution in [-0.2, 0) is 0 Å². The van der Waals surface area contributed by atoms with Gasteiger partial charge >= 0.3 is 28.4 Å². The van der Waals surface area contributed by atoms with Gasteiger partial charge < -0.3 is 7.96 Å². The largest absolute Gasteiger partial charge is 2.00 e. The van der Waals surface area contributed by atoms with Crippen molar-refractivity contribution in [3.05, 3.63) is 0 Å². The van der Waals surface area contributed by atoms with E-state index in [1.807, 2.05) is 0 Å². The fourth-order valence-electron chi connectivity index (χ4n) is 0. The molecule has 2 nitrogen and oxygen atoms in total. The van der Waals surface area contributed by atoms with Gasteiger partial charge in [0.2, 0.25) is 0 Å². The van der Waals surface area contributed by atoms with Crippen molar-refractivity contribution in [2.24, 2.45) is 0 Å². The molecule has 0 aromatic heterocycles. The summed E-state index contributed by atoms with van der Waals surface area (Å²) in [6, 6.07) is 0. The Balaban J connectivity index is -0.0000000150. The third kappa shape index (κ3) is 89.3. The van der Waals surface area contributed by atoms with Crippen molar-refractivity contribution < 1.29 is 12.8 Å². The van der Waals surface area contributed by atoms with E-state index in [1.54, 1.807) is 0 Å². The summed E-state index contributed by atoms with van der Waals surface area (Å²) in [6.45, 7) is 0. The van der Waals surface area contributed by atoms with Crippen LogP contribution in [0.3, 0.4) is 0 Å². The Kier molecular flexibility index (Phi) is 8.38. The fourth-order valence-corrected chi connectivity index (χ4v) is 0. The van der Waals surface area contributed by atoms with Crippen molar-refractivity contribution >= 4 is 41.0 Å². The predicted octanol–water partition coefficient (Wildman–Crippen LogP) is 0.438. The van der Waals surface area contributed by atoms with E-state index >= 15 is 0 Å². The van der Waals surface area contributed by atoms with Gasteiger partial charge in [-0.05, 0) is 0 Å². The Labute approximate surface area is 54.1 Å². The monoisotopic (exact) mass is 104 g/mol. The standard InChI is InChI=1S/CH2O2S.Mg.2H/c2-1(3)4;;;/h4H,(H,2,3);;;/q;+2;2*-1. The van der Waals surface area contributed by atoms with Gasteiger partial charge in [0, 0.05) is 0 Å². The predicted molar refractivity (Wildman–Crippen MR) is 25.0 cm³/mol. The number of rotatable bonds is 0. The first-order valence-electron chi connectivity index (χ1n) is 0.651. The van der Waals surface area contributed by atoms with Gasteiger partial charge in [-0.3, -0.25) is 0 Å². The van der Waals surface area contributed by atoms with Crippen LogP contribution in [0, 0.1) is 0 Å². The zero-order chi connectivity index (χ0) is 3.58. The van der Waals surface area contributed by atoms with Crippen molar-refractivity contribution in [1.29, 1.82) is 0 Å². The molecular weight excluding hydrogens is 100 g/mol. The van der Waals surface area contributed by atoms with Crippen molar-refractivity contribution in [1.82, 2.24) is 0 Å². The van der Waals surface area contributed by atoms with Crippen molar-refractivity contribution in [2.45, 2.75) is 0 Å². The van der Waals surface area contributed by atoms with Crippen LogP contribution in [0.4, 0.5) is 4.79 Å². The minimum atomic E-state index is -1.14. The summed E-state index contributed by atoms with van der Waals surface area (Å²) in [5.74, 6) is 0. The van der Waals surface area contributed by atoms with Crippen molar-refractivity contribution in [3.8, 4) is 0 Å². The van der Waals surface area contributed by atoms with E-state index in [4.69, 9.17) is 9.90 Å². The topological polar surface area (TPSA) is 37.3 Å². The molecule has 0 aliphatic carbocycles. The molecule has 0 unspecified atom stereocenters. The second-order valence-corrected chi connectivity index (χ2v) is 0.665. The summed E-state index contributed by atoms with van der Waals surface area (Å²) in [5.41, 5.74) is 0. The average Bonchev–Trinajstić information content (AvgIpc) is 0.811. The first kappa shape index (κ1) is 9.14.